The number of anilines is 2. The van der Waals surface area contributed by atoms with Crippen LogP contribution in [0.4, 0.5) is 11.4 Å². The Balaban J connectivity index is 2.35. The Labute approximate surface area is 104 Å². The molecule has 0 saturated heterocycles. The first-order valence-corrected chi connectivity index (χ1v) is 6.37. The second-order valence-electron chi connectivity index (χ2n) is 3.42. The highest BCUT2D eigenvalue weighted by Crippen LogP contribution is 2.25. The van der Waals surface area contributed by atoms with Crippen LogP contribution in [0.3, 0.4) is 0 Å². The van der Waals surface area contributed by atoms with E-state index in [1.165, 1.54) is 37.8 Å². The van der Waals surface area contributed by atoms with Crippen molar-refractivity contribution >= 4 is 21.4 Å². The van der Waals surface area contributed by atoms with E-state index < -0.39 is 10.0 Å². The number of sulfonamides is 1. The third kappa shape index (κ3) is 2.38. The van der Waals surface area contributed by atoms with Crippen molar-refractivity contribution in [3.8, 4) is 5.75 Å². The molecule has 0 bridgehead atoms. The van der Waals surface area contributed by atoms with Gasteiger partial charge in [-0.3, -0.25) is 4.72 Å². The number of aromatic nitrogens is 1. The summed E-state index contributed by atoms with van der Waals surface area (Å²) < 4.78 is 35.8. The van der Waals surface area contributed by atoms with E-state index in [0.29, 0.717) is 11.4 Å². The van der Waals surface area contributed by atoms with Gasteiger partial charge in [-0.1, -0.05) is 5.16 Å². The topological polar surface area (TPSA) is 107 Å². The SMILES string of the molecule is COc1cc(S(=O)(=O)Nc2cnoc2)ccc1N. The molecule has 2 aromatic rings. The summed E-state index contributed by atoms with van der Waals surface area (Å²) >= 11 is 0. The number of rotatable bonds is 4. The third-order valence-electron chi connectivity index (χ3n) is 2.20. The summed E-state index contributed by atoms with van der Waals surface area (Å²) in [5.41, 5.74) is 6.22. The molecule has 1 aromatic heterocycles. The van der Waals surface area contributed by atoms with Gasteiger partial charge in [-0.2, -0.15) is 0 Å². The van der Waals surface area contributed by atoms with Crippen molar-refractivity contribution in [1.82, 2.24) is 5.16 Å². The predicted molar refractivity (Wildman–Crippen MR) is 64.7 cm³/mol. The van der Waals surface area contributed by atoms with Crippen LogP contribution in [0.2, 0.25) is 0 Å². The zero-order valence-corrected chi connectivity index (χ0v) is 10.3. The maximum atomic E-state index is 12.0. The Hall–Kier alpha value is -2.22. The van der Waals surface area contributed by atoms with Crippen LogP contribution in [-0.2, 0) is 10.0 Å². The fraction of sp³-hybridized carbons (Fsp3) is 0.100. The normalized spacial score (nSPS) is 11.2. The summed E-state index contributed by atoms with van der Waals surface area (Å²) in [6.07, 6.45) is 2.44. The molecule has 2 rings (SSSR count). The summed E-state index contributed by atoms with van der Waals surface area (Å²) in [5.74, 6) is 0.295. The number of nitrogens with one attached hydrogen (secondary N) is 1. The first-order chi connectivity index (χ1) is 8.53. The van der Waals surface area contributed by atoms with Gasteiger partial charge in [0, 0.05) is 6.07 Å². The summed E-state index contributed by atoms with van der Waals surface area (Å²) in [6, 6.07) is 4.18. The Bertz CT molecular complexity index is 637. The Morgan fingerprint density at radius 2 is 2.22 bits per heavy atom. The molecule has 1 aromatic carbocycles. The number of hydrogen-bond donors (Lipinski definition) is 2. The molecule has 18 heavy (non-hydrogen) atoms. The van der Waals surface area contributed by atoms with Crippen LogP contribution in [0.5, 0.6) is 5.75 Å². The van der Waals surface area contributed by atoms with Crippen molar-refractivity contribution in [3.05, 3.63) is 30.7 Å². The average Bonchev–Trinajstić information content (AvgIpc) is 2.81. The van der Waals surface area contributed by atoms with E-state index in [1.54, 1.807) is 0 Å². The zero-order valence-electron chi connectivity index (χ0n) is 9.45. The fourth-order valence-corrected chi connectivity index (χ4v) is 2.37. The quantitative estimate of drug-likeness (QED) is 0.804. The molecule has 96 valence electrons. The van der Waals surface area contributed by atoms with E-state index in [4.69, 9.17) is 10.5 Å². The lowest BCUT2D eigenvalue weighted by molar-refractivity contribution is 0.415. The van der Waals surface area contributed by atoms with Crippen LogP contribution in [-0.4, -0.2) is 20.7 Å². The van der Waals surface area contributed by atoms with Gasteiger partial charge in [0.15, 0.2) is 0 Å². The van der Waals surface area contributed by atoms with E-state index in [0.717, 1.165) is 0 Å². The van der Waals surface area contributed by atoms with Gasteiger partial charge in [-0.25, -0.2) is 8.42 Å². The molecule has 7 nitrogen and oxygen atoms in total. The van der Waals surface area contributed by atoms with Gasteiger partial charge in [0.1, 0.15) is 17.7 Å². The summed E-state index contributed by atoms with van der Waals surface area (Å²) in [7, 11) is -2.31. The second-order valence-corrected chi connectivity index (χ2v) is 5.10. The molecule has 0 aliphatic rings. The average molecular weight is 269 g/mol. The van der Waals surface area contributed by atoms with Gasteiger partial charge in [0.25, 0.3) is 10.0 Å². The lowest BCUT2D eigenvalue weighted by Crippen LogP contribution is -2.12. The number of ether oxygens (including phenoxy) is 1. The first-order valence-electron chi connectivity index (χ1n) is 4.88. The summed E-state index contributed by atoms with van der Waals surface area (Å²) in [6.45, 7) is 0. The predicted octanol–water partition coefficient (Wildman–Crippen LogP) is 1.07. The van der Waals surface area contributed by atoms with Crippen LogP contribution in [0.15, 0.2) is 40.1 Å². The number of hydrogen-bond acceptors (Lipinski definition) is 6. The lowest BCUT2D eigenvalue weighted by Gasteiger charge is -2.08. The highest BCUT2D eigenvalue weighted by molar-refractivity contribution is 7.92. The summed E-state index contributed by atoms with van der Waals surface area (Å²) in [5, 5.41) is 3.40. The van der Waals surface area contributed by atoms with E-state index in [9.17, 15) is 8.42 Å². The second kappa shape index (κ2) is 4.57. The zero-order chi connectivity index (χ0) is 13.2. The molecule has 0 spiro atoms. The number of nitrogens with zero attached hydrogens (tertiary/aromatic N) is 1. The maximum Gasteiger partial charge on any atom is 0.262 e. The van der Waals surface area contributed by atoms with E-state index >= 15 is 0 Å². The van der Waals surface area contributed by atoms with Gasteiger partial charge >= 0.3 is 0 Å². The minimum atomic E-state index is -3.72. The lowest BCUT2D eigenvalue weighted by atomic mass is 10.3. The van der Waals surface area contributed by atoms with Crippen LogP contribution >= 0.6 is 0 Å². The molecule has 0 amide bonds. The Morgan fingerprint density at radius 3 is 2.83 bits per heavy atom. The molecular formula is C10H11N3O4S. The maximum absolute atomic E-state index is 12.0. The van der Waals surface area contributed by atoms with Gasteiger partial charge in [-0.05, 0) is 12.1 Å². The number of methoxy groups -OCH3 is 1. The first kappa shape index (κ1) is 12.2. The fourth-order valence-electron chi connectivity index (χ4n) is 1.33. The van der Waals surface area contributed by atoms with E-state index in [-0.39, 0.29) is 10.6 Å². The van der Waals surface area contributed by atoms with Crippen LogP contribution in [0.25, 0.3) is 0 Å². The van der Waals surface area contributed by atoms with Crippen molar-refractivity contribution in [1.29, 1.82) is 0 Å². The number of nitrogens with two attached hydrogens (primary N) is 1. The molecule has 0 radical (unpaired) electrons. The molecular weight excluding hydrogens is 258 g/mol. The van der Waals surface area contributed by atoms with Crippen LogP contribution in [0.1, 0.15) is 0 Å². The molecule has 3 N–H and O–H groups in total. The van der Waals surface area contributed by atoms with E-state index in [2.05, 4.69) is 14.4 Å². The van der Waals surface area contributed by atoms with Gasteiger partial charge in [0.2, 0.25) is 0 Å². The monoisotopic (exact) mass is 269 g/mol. The van der Waals surface area contributed by atoms with Crippen molar-refractivity contribution in [2.45, 2.75) is 4.90 Å². The van der Waals surface area contributed by atoms with Crippen molar-refractivity contribution in [3.63, 3.8) is 0 Å². The molecule has 0 saturated carbocycles. The minimum absolute atomic E-state index is 0.0368. The largest absolute Gasteiger partial charge is 0.495 e. The van der Waals surface area contributed by atoms with Crippen LogP contribution < -0.4 is 15.2 Å². The summed E-state index contributed by atoms with van der Waals surface area (Å²) in [4.78, 5) is 0.0368. The minimum Gasteiger partial charge on any atom is -0.495 e. The Kier molecular flexibility index (Phi) is 3.11. The molecule has 0 fully saturated rings. The van der Waals surface area contributed by atoms with Gasteiger partial charge in [-0.15, -0.1) is 0 Å². The molecule has 0 aliphatic heterocycles. The van der Waals surface area contributed by atoms with Gasteiger partial charge in [0.05, 0.1) is 23.9 Å². The van der Waals surface area contributed by atoms with Crippen molar-refractivity contribution < 1.29 is 17.7 Å². The molecule has 8 heteroatoms. The third-order valence-corrected chi connectivity index (χ3v) is 3.58. The molecule has 0 unspecified atom stereocenters. The van der Waals surface area contributed by atoms with Crippen molar-refractivity contribution in [2.75, 3.05) is 17.6 Å². The number of nitrogen functional groups attached to an aromatic ring is 1. The van der Waals surface area contributed by atoms with Crippen molar-refractivity contribution in [2.24, 2.45) is 0 Å². The van der Waals surface area contributed by atoms with Gasteiger partial charge < -0.3 is 15.0 Å². The molecule has 0 aliphatic carbocycles. The standard InChI is InChI=1S/C10H11N3O4S/c1-16-10-4-8(2-3-9(10)11)18(14,15)13-7-5-12-17-6-7/h2-6,13H,11H2,1H3. The molecule has 0 atom stereocenters. The number of benzene rings is 1. The van der Waals surface area contributed by atoms with E-state index in [1.807, 2.05) is 0 Å². The Morgan fingerprint density at radius 1 is 1.44 bits per heavy atom. The highest BCUT2D eigenvalue weighted by Gasteiger charge is 2.16. The molecule has 1 heterocycles. The smallest absolute Gasteiger partial charge is 0.262 e. The van der Waals surface area contributed by atoms with Crippen LogP contribution in [0, 0.1) is 0 Å². The highest BCUT2D eigenvalue weighted by atomic mass is 32.2.